The molecule has 5 nitrogen and oxygen atoms in total. The Labute approximate surface area is 133 Å². The number of hydrogen-bond acceptors (Lipinski definition) is 4. The van der Waals surface area contributed by atoms with E-state index in [0.717, 1.165) is 31.5 Å². The van der Waals surface area contributed by atoms with E-state index in [0.29, 0.717) is 13.0 Å². The van der Waals surface area contributed by atoms with Gasteiger partial charge < -0.3 is 10.0 Å². The predicted molar refractivity (Wildman–Crippen MR) is 83.7 cm³/mol. The van der Waals surface area contributed by atoms with Gasteiger partial charge in [-0.05, 0) is 41.8 Å². The monoisotopic (exact) mass is 317 g/mol. The number of aromatic nitrogens is 2. The Kier molecular flexibility index (Phi) is 3.50. The van der Waals surface area contributed by atoms with Crippen molar-refractivity contribution >= 4 is 17.2 Å². The van der Waals surface area contributed by atoms with Crippen molar-refractivity contribution in [2.24, 2.45) is 0 Å². The quantitative estimate of drug-likeness (QED) is 0.910. The minimum Gasteiger partial charge on any atom is -0.393 e. The van der Waals surface area contributed by atoms with E-state index in [1.165, 1.54) is 16.0 Å². The average Bonchev–Trinajstić information content (AvgIpc) is 3.13. The second-order valence-corrected chi connectivity index (χ2v) is 7.11. The number of aryl methyl sites for hydroxylation is 1. The summed E-state index contributed by atoms with van der Waals surface area (Å²) in [4.78, 5) is 15.9. The van der Waals surface area contributed by atoms with Crippen molar-refractivity contribution in [2.75, 3.05) is 6.54 Å². The molecule has 1 aliphatic heterocycles. The Bertz CT molecular complexity index is 706. The van der Waals surface area contributed by atoms with Crippen LogP contribution < -0.4 is 0 Å². The highest BCUT2D eigenvalue weighted by Crippen LogP contribution is 2.25. The van der Waals surface area contributed by atoms with Crippen molar-refractivity contribution in [3.63, 3.8) is 0 Å². The minimum absolute atomic E-state index is 0.114. The summed E-state index contributed by atoms with van der Waals surface area (Å²) in [5.74, 6) is 0.114. The standard InChI is InChI=1S/C16H19N3O2S/c20-13-2-1-11-8-17-19(14(11)7-13)10-16(21)18-5-3-15-12(9-18)4-6-22-15/h4,6,8,13,20H,1-3,5,7,9-10H2. The molecule has 2 aliphatic rings. The van der Waals surface area contributed by atoms with Crippen LogP contribution in [0.2, 0.25) is 0 Å². The summed E-state index contributed by atoms with van der Waals surface area (Å²) >= 11 is 1.78. The molecule has 4 rings (SSSR count). The molecule has 1 N–H and O–H groups in total. The van der Waals surface area contributed by atoms with Crippen LogP contribution >= 0.6 is 11.3 Å². The normalized spacial score (nSPS) is 20.6. The summed E-state index contributed by atoms with van der Waals surface area (Å²) < 4.78 is 1.78. The second kappa shape index (κ2) is 5.52. The van der Waals surface area contributed by atoms with E-state index < -0.39 is 0 Å². The zero-order chi connectivity index (χ0) is 15.1. The lowest BCUT2D eigenvalue weighted by molar-refractivity contribution is -0.133. The fourth-order valence-corrected chi connectivity index (χ4v) is 4.26. The van der Waals surface area contributed by atoms with E-state index in [1.54, 1.807) is 16.0 Å². The smallest absolute Gasteiger partial charge is 0.244 e. The summed E-state index contributed by atoms with van der Waals surface area (Å²) in [5, 5.41) is 16.3. The molecule has 1 amide bonds. The average molecular weight is 317 g/mol. The largest absolute Gasteiger partial charge is 0.393 e. The summed E-state index contributed by atoms with van der Waals surface area (Å²) in [6, 6.07) is 2.12. The zero-order valence-electron chi connectivity index (χ0n) is 12.4. The highest BCUT2D eigenvalue weighted by Gasteiger charge is 2.25. The van der Waals surface area contributed by atoms with E-state index >= 15 is 0 Å². The minimum atomic E-state index is -0.304. The fraction of sp³-hybridized carbons (Fsp3) is 0.500. The van der Waals surface area contributed by atoms with Gasteiger partial charge in [0, 0.05) is 30.1 Å². The molecule has 0 spiro atoms. The molecule has 0 radical (unpaired) electrons. The molecule has 3 heterocycles. The van der Waals surface area contributed by atoms with Gasteiger partial charge in [0.05, 0.1) is 12.3 Å². The molecule has 0 fully saturated rings. The lowest BCUT2D eigenvalue weighted by Gasteiger charge is -2.27. The predicted octanol–water partition coefficient (Wildman–Crippen LogP) is 1.38. The van der Waals surface area contributed by atoms with Gasteiger partial charge >= 0.3 is 0 Å². The van der Waals surface area contributed by atoms with Crippen LogP contribution in [-0.2, 0) is 37.1 Å². The third-order valence-electron chi connectivity index (χ3n) is 4.66. The van der Waals surface area contributed by atoms with E-state index in [-0.39, 0.29) is 18.6 Å². The molecular weight excluding hydrogens is 298 g/mol. The first-order valence-corrected chi connectivity index (χ1v) is 8.63. The summed E-state index contributed by atoms with van der Waals surface area (Å²) in [6.45, 7) is 1.78. The second-order valence-electron chi connectivity index (χ2n) is 6.11. The lowest BCUT2D eigenvalue weighted by Crippen LogP contribution is -2.38. The van der Waals surface area contributed by atoms with Gasteiger partial charge in [-0.2, -0.15) is 5.10 Å². The first-order valence-electron chi connectivity index (χ1n) is 7.75. The highest BCUT2D eigenvalue weighted by molar-refractivity contribution is 7.10. The van der Waals surface area contributed by atoms with Gasteiger partial charge in [0.15, 0.2) is 0 Å². The number of carbonyl (C=O) groups is 1. The van der Waals surface area contributed by atoms with Crippen molar-refractivity contribution in [3.05, 3.63) is 39.3 Å². The fourth-order valence-electron chi connectivity index (χ4n) is 3.37. The van der Waals surface area contributed by atoms with Crippen molar-refractivity contribution in [1.29, 1.82) is 0 Å². The number of rotatable bonds is 2. The van der Waals surface area contributed by atoms with E-state index in [1.807, 2.05) is 11.1 Å². The molecule has 22 heavy (non-hydrogen) atoms. The van der Waals surface area contributed by atoms with Crippen molar-refractivity contribution in [1.82, 2.24) is 14.7 Å². The maximum atomic E-state index is 12.6. The summed E-state index contributed by atoms with van der Waals surface area (Å²) in [5.41, 5.74) is 3.49. The van der Waals surface area contributed by atoms with Crippen molar-refractivity contribution in [2.45, 2.75) is 44.9 Å². The number of hydrogen-bond donors (Lipinski definition) is 1. The number of aliphatic hydroxyl groups is 1. The SMILES string of the molecule is O=C(Cn1ncc2c1CC(O)CC2)N1CCc2sccc2C1. The molecule has 6 heteroatoms. The molecule has 0 aromatic carbocycles. The lowest BCUT2D eigenvalue weighted by atomic mass is 9.96. The molecule has 2 aromatic rings. The Hall–Kier alpha value is -1.66. The molecule has 0 bridgehead atoms. The number of thiophene rings is 1. The number of amides is 1. The Morgan fingerprint density at radius 1 is 1.41 bits per heavy atom. The summed E-state index contributed by atoms with van der Waals surface area (Å²) in [6.07, 6.45) is 4.75. The van der Waals surface area contributed by atoms with Crippen LogP contribution in [0.3, 0.4) is 0 Å². The highest BCUT2D eigenvalue weighted by atomic mass is 32.1. The molecule has 116 valence electrons. The van der Waals surface area contributed by atoms with Crippen LogP contribution in [0.4, 0.5) is 0 Å². The van der Waals surface area contributed by atoms with Gasteiger partial charge in [-0.1, -0.05) is 0 Å². The van der Waals surface area contributed by atoms with Gasteiger partial charge in [-0.25, -0.2) is 0 Å². The van der Waals surface area contributed by atoms with Gasteiger partial charge in [-0.3, -0.25) is 9.48 Å². The van der Waals surface area contributed by atoms with Crippen LogP contribution in [0, 0.1) is 0 Å². The van der Waals surface area contributed by atoms with Crippen LogP contribution in [0.5, 0.6) is 0 Å². The van der Waals surface area contributed by atoms with Gasteiger partial charge in [-0.15, -0.1) is 11.3 Å². The molecule has 1 atom stereocenters. The summed E-state index contributed by atoms with van der Waals surface area (Å²) in [7, 11) is 0. The van der Waals surface area contributed by atoms with Gasteiger partial charge in [0.1, 0.15) is 6.54 Å². The van der Waals surface area contributed by atoms with E-state index in [4.69, 9.17) is 0 Å². The van der Waals surface area contributed by atoms with E-state index in [9.17, 15) is 9.90 Å². The Morgan fingerprint density at radius 2 is 2.32 bits per heavy atom. The van der Waals surface area contributed by atoms with Gasteiger partial charge in [0.2, 0.25) is 5.91 Å². The van der Waals surface area contributed by atoms with Crippen LogP contribution in [0.25, 0.3) is 0 Å². The number of carbonyl (C=O) groups excluding carboxylic acids is 1. The molecule has 2 aromatic heterocycles. The van der Waals surface area contributed by atoms with Gasteiger partial charge in [0.25, 0.3) is 0 Å². The zero-order valence-corrected chi connectivity index (χ0v) is 13.2. The van der Waals surface area contributed by atoms with E-state index in [2.05, 4.69) is 16.5 Å². The third kappa shape index (κ3) is 2.46. The molecule has 1 unspecified atom stereocenters. The van der Waals surface area contributed by atoms with Crippen molar-refractivity contribution < 1.29 is 9.90 Å². The first-order chi connectivity index (χ1) is 10.7. The van der Waals surface area contributed by atoms with Crippen LogP contribution in [-0.4, -0.2) is 38.3 Å². The third-order valence-corrected chi connectivity index (χ3v) is 5.68. The maximum Gasteiger partial charge on any atom is 0.244 e. The van der Waals surface area contributed by atoms with Crippen LogP contribution in [0.15, 0.2) is 17.6 Å². The number of fused-ring (bicyclic) bond motifs is 2. The molecule has 0 saturated carbocycles. The Balaban J connectivity index is 1.48. The maximum absolute atomic E-state index is 12.6. The topological polar surface area (TPSA) is 58.4 Å². The van der Waals surface area contributed by atoms with Crippen LogP contribution in [0.1, 0.15) is 28.1 Å². The Morgan fingerprint density at radius 3 is 3.23 bits per heavy atom. The number of aliphatic hydroxyl groups excluding tert-OH is 1. The number of nitrogens with zero attached hydrogens (tertiary/aromatic N) is 3. The molecular formula is C16H19N3O2S. The first kappa shape index (κ1) is 14.0. The molecule has 1 aliphatic carbocycles. The molecule has 0 saturated heterocycles. The van der Waals surface area contributed by atoms with Crippen molar-refractivity contribution in [3.8, 4) is 0 Å².